The molecule has 11 nitrogen and oxygen atoms in total. The van der Waals surface area contributed by atoms with Crippen LogP contribution in [0.3, 0.4) is 0 Å². The number of piperidine rings is 1. The molecule has 2 aromatic carbocycles. The maximum absolute atomic E-state index is 13.0. The van der Waals surface area contributed by atoms with Crippen molar-refractivity contribution in [2.75, 3.05) is 11.9 Å². The molecule has 7 rings (SSSR count). The lowest BCUT2D eigenvalue weighted by Gasteiger charge is -2.27. The van der Waals surface area contributed by atoms with E-state index in [0.717, 1.165) is 71.7 Å². The van der Waals surface area contributed by atoms with Gasteiger partial charge in [0.25, 0.3) is 11.8 Å². The van der Waals surface area contributed by atoms with Gasteiger partial charge in [0.1, 0.15) is 6.04 Å². The Hall–Kier alpha value is -4.93. The lowest BCUT2D eigenvalue weighted by atomic mass is 10.0. The Balaban J connectivity index is 0.860. The van der Waals surface area contributed by atoms with Crippen molar-refractivity contribution < 1.29 is 19.2 Å². The SMILES string of the molecule is O=C1CCC(N2C(=O)c3ccc(NCCCCCCn4cc(-c5cnc6ccc(C7CC7)cc6n5)cn4)cc3C2=O)C(=O)N1. The minimum Gasteiger partial charge on any atom is -0.385 e. The van der Waals surface area contributed by atoms with Gasteiger partial charge in [0.05, 0.1) is 40.2 Å². The van der Waals surface area contributed by atoms with Crippen LogP contribution in [0.1, 0.15) is 83.6 Å². The Morgan fingerprint density at radius 1 is 0.864 bits per heavy atom. The molecule has 1 atom stereocenters. The monoisotopic (exact) mass is 591 g/mol. The van der Waals surface area contributed by atoms with Crippen LogP contribution in [0, 0.1) is 0 Å². The van der Waals surface area contributed by atoms with Crippen molar-refractivity contribution in [3.8, 4) is 11.3 Å². The Bertz CT molecular complexity index is 1790. The number of hydrogen-bond donors (Lipinski definition) is 2. The average molecular weight is 592 g/mol. The molecule has 44 heavy (non-hydrogen) atoms. The molecule has 2 aliphatic heterocycles. The first-order valence-corrected chi connectivity index (χ1v) is 15.3. The number of amides is 4. The van der Waals surface area contributed by atoms with Gasteiger partial charge >= 0.3 is 0 Å². The highest BCUT2D eigenvalue weighted by atomic mass is 16.2. The largest absolute Gasteiger partial charge is 0.385 e. The van der Waals surface area contributed by atoms with Gasteiger partial charge in [0.15, 0.2) is 0 Å². The zero-order chi connectivity index (χ0) is 30.2. The van der Waals surface area contributed by atoms with Crippen LogP contribution >= 0.6 is 0 Å². The molecule has 1 aliphatic carbocycles. The molecule has 0 spiro atoms. The molecule has 2 aromatic heterocycles. The number of imide groups is 2. The number of hydrogen-bond acceptors (Lipinski definition) is 8. The van der Waals surface area contributed by atoms with Crippen LogP contribution in [0.4, 0.5) is 5.69 Å². The van der Waals surface area contributed by atoms with E-state index in [1.54, 1.807) is 18.2 Å². The number of anilines is 1. The molecule has 224 valence electrons. The summed E-state index contributed by atoms with van der Waals surface area (Å²) in [6, 6.07) is 10.5. The summed E-state index contributed by atoms with van der Waals surface area (Å²) in [6.45, 7) is 1.55. The number of carbonyl (C=O) groups excluding carboxylic acids is 4. The molecule has 0 bridgehead atoms. The third kappa shape index (κ3) is 5.57. The fraction of sp³-hybridized carbons (Fsp3) is 0.364. The van der Waals surface area contributed by atoms with E-state index in [1.807, 2.05) is 23.3 Å². The summed E-state index contributed by atoms with van der Waals surface area (Å²) in [6.07, 6.45) is 12.5. The van der Waals surface area contributed by atoms with Crippen LogP contribution in [-0.2, 0) is 16.1 Å². The minimum absolute atomic E-state index is 0.0983. The van der Waals surface area contributed by atoms with Gasteiger partial charge in [0, 0.05) is 37.0 Å². The van der Waals surface area contributed by atoms with Crippen LogP contribution in [0.5, 0.6) is 0 Å². The van der Waals surface area contributed by atoms with Crippen molar-refractivity contribution in [3.63, 3.8) is 0 Å². The molecule has 1 unspecified atom stereocenters. The molecule has 4 heterocycles. The summed E-state index contributed by atoms with van der Waals surface area (Å²) in [7, 11) is 0. The Labute approximate surface area is 254 Å². The highest BCUT2D eigenvalue weighted by Crippen LogP contribution is 2.40. The maximum atomic E-state index is 13.0. The number of carbonyl (C=O) groups is 4. The van der Waals surface area contributed by atoms with Crippen LogP contribution in [0.15, 0.2) is 55.0 Å². The topological polar surface area (TPSA) is 139 Å². The van der Waals surface area contributed by atoms with Gasteiger partial charge in [-0.15, -0.1) is 0 Å². The number of nitrogens with one attached hydrogen (secondary N) is 2. The molecule has 2 fully saturated rings. The summed E-state index contributed by atoms with van der Waals surface area (Å²) in [4.78, 5) is 60.1. The van der Waals surface area contributed by atoms with E-state index in [4.69, 9.17) is 4.98 Å². The van der Waals surface area contributed by atoms with E-state index in [0.29, 0.717) is 5.92 Å². The smallest absolute Gasteiger partial charge is 0.262 e. The number of aryl methyl sites for hydroxylation is 1. The molecule has 4 aromatic rings. The number of fused-ring (bicyclic) bond motifs is 2. The summed E-state index contributed by atoms with van der Waals surface area (Å²) in [5.41, 5.74) is 6.31. The van der Waals surface area contributed by atoms with Crippen molar-refractivity contribution in [3.05, 3.63) is 71.7 Å². The average Bonchev–Trinajstić information content (AvgIpc) is 3.72. The summed E-state index contributed by atoms with van der Waals surface area (Å²) >= 11 is 0. The van der Waals surface area contributed by atoms with Crippen molar-refractivity contribution in [1.82, 2.24) is 30.0 Å². The number of aromatic nitrogens is 4. The first-order chi connectivity index (χ1) is 21.4. The predicted molar refractivity (Wildman–Crippen MR) is 163 cm³/mol. The summed E-state index contributed by atoms with van der Waals surface area (Å²) in [5, 5.41) is 10.1. The standard InChI is InChI=1S/C33H33N7O4/c41-30-12-11-29(31(42)38-30)40-32(43)24-9-8-23(16-25(24)33(40)44)34-13-3-1-2-4-14-39-19-22(17-36-39)28-18-35-26-10-7-21(20-5-6-20)15-27(26)37-28/h7-10,15-20,29,34H,1-6,11-14H2,(H,38,41,42). The Morgan fingerprint density at radius 3 is 2.55 bits per heavy atom. The number of unbranched alkanes of at least 4 members (excludes halogenated alkanes) is 3. The highest BCUT2D eigenvalue weighted by molar-refractivity contribution is 6.23. The predicted octanol–water partition coefficient (Wildman–Crippen LogP) is 4.44. The minimum atomic E-state index is -0.961. The van der Waals surface area contributed by atoms with Gasteiger partial charge in [-0.2, -0.15) is 5.10 Å². The van der Waals surface area contributed by atoms with E-state index >= 15 is 0 Å². The number of rotatable bonds is 11. The van der Waals surface area contributed by atoms with E-state index in [2.05, 4.69) is 38.9 Å². The fourth-order valence-corrected chi connectivity index (χ4v) is 6.02. The molecule has 11 heteroatoms. The van der Waals surface area contributed by atoms with Crippen molar-refractivity contribution >= 4 is 40.3 Å². The van der Waals surface area contributed by atoms with E-state index in [-0.39, 0.29) is 29.9 Å². The highest BCUT2D eigenvalue weighted by Gasteiger charge is 2.44. The molecule has 2 N–H and O–H groups in total. The van der Waals surface area contributed by atoms with Crippen LogP contribution < -0.4 is 10.6 Å². The fourth-order valence-electron chi connectivity index (χ4n) is 6.02. The second-order valence-corrected chi connectivity index (χ2v) is 11.8. The zero-order valence-electron chi connectivity index (χ0n) is 24.3. The normalized spacial score (nSPS) is 18.2. The molecule has 1 saturated carbocycles. The van der Waals surface area contributed by atoms with Crippen LogP contribution in [0.2, 0.25) is 0 Å². The molecule has 0 radical (unpaired) electrons. The molecule has 4 amide bonds. The second kappa shape index (κ2) is 11.6. The lowest BCUT2D eigenvalue weighted by Crippen LogP contribution is -2.54. The maximum Gasteiger partial charge on any atom is 0.262 e. The van der Waals surface area contributed by atoms with Crippen molar-refractivity contribution in [2.24, 2.45) is 0 Å². The quantitative estimate of drug-likeness (QED) is 0.193. The summed E-state index contributed by atoms with van der Waals surface area (Å²) < 4.78 is 1.96. The van der Waals surface area contributed by atoms with E-state index in [1.165, 1.54) is 18.4 Å². The van der Waals surface area contributed by atoms with Crippen molar-refractivity contribution in [2.45, 2.75) is 69.9 Å². The van der Waals surface area contributed by atoms with Gasteiger partial charge in [0.2, 0.25) is 11.8 Å². The first kappa shape index (κ1) is 27.9. The first-order valence-electron chi connectivity index (χ1n) is 15.3. The zero-order valence-corrected chi connectivity index (χ0v) is 24.3. The van der Waals surface area contributed by atoms with Crippen LogP contribution in [0.25, 0.3) is 22.3 Å². The molecular weight excluding hydrogens is 558 g/mol. The number of benzene rings is 2. The molecule has 1 saturated heterocycles. The van der Waals surface area contributed by atoms with Crippen molar-refractivity contribution in [1.29, 1.82) is 0 Å². The van der Waals surface area contributed by atoms with Gasteiger partial charge in [-0.05, 0) is 73.9 Å². The third-order valence-electron chi connectivity index (χ3n) is 8.63. The second-order valence-electron chi connectivity index (χ2n) is 11.8. The Kier molecular flexibility index (Phi) is 7.37. The van der Waals surface area contributed by atoms with Gasteiger partial charge < -0.3 is 5.32 Å². The van der Waals surface area contributed by atoms with Crippen LogP contribution in [-0.4, -0.2) is 60.9 Å². The van der Waals surface area contributed by atoms with Gasteiger partial charge in [-0.3, -0.25) is 39.1 Å². The van der Waals surface area contributed by atoms with E-state index < -0.39 is 23.8 Å². The number of nitrogens with zero attached hydrogens (tertiary/aromatic N) is 5. The van der Waals surface area contributed by atoms with E-state index in [9.17, 15) is 19.2 Å². The van der Waals surface area contributed by atoms with Gasteiger partial charge in [-0.1, -0.05) is 18.9 Å². The van der Waals surface area contributed by atoms with Gasteiger partial charge in [-0.25, -0.2) is 4.98 Å². The lowest BCUT2D eigenvalue weighted by molar-refractivity contribution is -0.136. The summed E-state index contributed by atoms with van der Waals surface area (Å²) in [5.74, 6) is -1.31. The molecule has 3 aliphatic rings. The third-order valence-corrected chi connectivity index (χ3v) is 8.63. The Morgan fingerprint density at radius 2 is 1.70 bits per heavy atom. The molecular formula is C33H33N7O4.